The predicted molar refractivity (Wildman–Crippen MR) is 135 cm³/mol. The number of hydrogen-bond donors (Lipinski definition) is 0. The molecule has 34 heavy (non-hydrogen) atoms. The number of amides is 1. The molecule has 9 heteroatoms. The van der Waals surface area contributed by atoms with Crippen LogP contribution in [0.4, 0.5) is 5.13 Å². The van der Waals surface area contributed by atoms with Gasteiger partial charge in [-0.2, -0.15) is 0 Å². The van der Waals surface area contributed by atoms with Gasteiger partial charge in [0.25, 0.3) is 5.91 Å². The largest absolute Gasteiger partial charge is 0.494 e. The molecule has 5 rings (SSSR count). The molecule has 1 unspecified atom stereocenters. The van der Waals surface area contributed by atoms with Crippen LogP contribution in [-0.2, 0) is 6.42 Å². The third-order valence-electron chi connectivity index (χ3n) is 5.58. The zero-order valence-corrected chi connectivity index (χ0v) is 21.3. The molecule has 0 fully saturated rings. The summed E-state index contributed by atoms with van der Waals surface area (Å²) >= 11 is 4.79. The van der Waals surface area contributed by atoms with Crippen LogP contribution in [-0.4, -0.2) is 22.7 Å². The smallest absolute Gasteiger partial charge is 0.297 e. The highest BCUT2D eigenvalue weighted by atomic mass is 79.9. The zero-order chi connectivity index (χ0) is 24.0. The lowest BCUT2D eigenvalue weighted by molar-refractivity contribution is 0.0970. The third-order valence-corrected chi connectivity index (χ3v) is 7.02. The topological polar surface area (TPSA) is 85.5 Å². The summed E-state index contributed by atoms with van der Waals surface area (Å²) in [6.45, 7) is 6.67. The number of nitrogens with zero attached hydrogens (tertiary/aromatic N) is 3. The van der Waals surface area contributed by atoms with Crippen LogP contribution < -0.4 is 15.1 Å². The lowest BCUT2D eigenvalue weighted by Gasteiger charge is -2.22. The number of benzene rings is 2. The summed E-state index contributed by atoms with van der Waals surface area (Å²) in [5.74, 6) is 0.760. The van der Waals surface area contributed by atoms with Gasteiger partial charge in [-0.1, -0.05) is 53.2 Å². The van der Waals surface area contributed by atoms with Crippen LogP contribution in [0.25, 0.3) is 11.0 Å². The van der Waals surface area contributed by atoms with Gasteiger partial charge in [0.15, 0.2) is 5.43 Å². The van der Waals surface area contributed by atoms with Gasteiger partial charge in [-0.25, -0.2) is 0 Å². The fourth-order valence-electron chi connectivity index (χ4n) is 4.14. The Bertz CT molecular complexity index is 1450. The molecule has 7 nitrogen and oxygen atoms in total. The minimum atomic E-state index is -0.683. The summed E-state index contributed by atoms with van der Waals surface area (Å²) in [5.41, 5.74) is 1.20. The number of carbonyl (C=O) groups excluding carboxylic acids is 1. The van der Waals surface area contributed by atoms with E-state index in [1.54, 1.807) is 18.2 Å². The van der Waals surface area contributed by atoms with E-state index < -0.39 is 11.9 Å². The molecule has 3 heterocycles. The van der Waals surface area contributed by atoms with Crippen LogP contribution >= 0.6 is 27.3 Å². The molecule has 174 valence electrons. The summed E-state index contributed by atoms with van der Waals surface area (Å²) in [4.78, 5) is 28.9. The highest BCUT2D eigenvalue weighted by Crippen LogP contribution is 2.42. The van der Waals surface area contributed by atoms with E-state index in [2.05, 4.69) is 40.0 Å². The Balaban J connectivity index is 1.70. The lowest BCUT2D eigenvalue weighted by Crippen LogP contribution is -2.29. The van der Waals surface area contributed by atoms with Crippen molar-refractivity contribution in [2.45, 2.75) is 33.2 Å². The van der Waals surface area contributed by atoms with E-state index in [1.165, 1.54) is 16.2 Å². The highest BCUT2D eigenvalue weighted by molar-refractivity contribution is 9.10. The summed E-state index contributed by atoms with van der Waals surface area (Å²) < 4.78 is 12.3. The molecule has 4 aromatic rings. The number of ether oxygens (including phenoxy) is 1. The molecule has 0 radical (unpaired) electrons. The molecule has 1 atom stereocenters. The molecule has 0 spiro atoms. The molecule has 0 saturated carbocycles. The van der Waals surface area contributed by atoms with Crippen molar-refractivity contribution in [1.29, 1.82) is 0 Å². The first kappa shape index (κ1) is 22.7. The predicted octanol–water partition coefficient (Wildman–Crippen LogP) is 5.75. The number of rotatable bonds is 6. The van der Waals surface area contributed by atoms with Crippen molar-refractivity contribution in [3.8, 4) is 5.75 Å². The van der Waals surface area contributed by atoms with E-state index in [9.17, 15) is 9.59 Å². The zero-order valence-electron chi connectivity index (χ0n) is 18.9. The number of halogens is 1. The average molecular weight is 540 g/mol. The quantitative estimate of drug-likeness (QED) is 0.310. The molecule has 0 bridgehead atoms. The normalized spacial score (nSPS) is 15.4. The van der Waals surface area contributed by atoms with E-state index in [4.69, 9.17) is 9.15 Å². The van der Waals surface area contributed by atoms with Crippen molar-refractivity contribution in [2.75, 3.05) is 11.5 Å². The first-order chi connectivity index (χ1) is 16.4. The van der Waals surface area contributed by atoms with Crippen LogP contribution in [0, 0.1) is 5.92 Å². The van der Waals surface area contributed by atoms with Crippen molar-refractivity contribution in [3.05, 3.63) is 79.1 Å². The van der Waals surface area contributed by atoms with Crippen molar-refractivity contribution < 1.29 is 13.9 Å². The number of fused-ring (bicyclic) bond motifs is 2. The van der Waals surface area contributed by atoms with Crippen LogP contribution in [0.3, 0.4) is 0 Å². The second kappa shape index (κ2) is 8.96. The minimum Gasteiger partial charge on any atom is -0.494 e. The van der Waals surface area contributed by atoms with Gasteiger partial charge >= 0.3 is 0 Å². The maximum atomic E-state index is 13.7. The van der Waals surface area contributed by atoms with Crippen LogP contribution in [0.15, 0.2) is 56.1 Å². The monoisotopic (exact) mass is 539 g/mol. The Morgan fingerprint density at radius 1 is 1.15 bits per heavy atom. The lowest BCUT2D eigenvalue weighted by atomic mass is 9.98. The minimum absolute atomic E-state index is 0.0410. The van der Waals surface area contributed by atoms with E-state index >= 15 is 0 Å². The van der Waals surface area contributed by atoms with E-state index in [1.807, 2.05) is 31.2 Å². The fraction of sp³-hybridized carbons (Fsp3) is 0.280. The first-order valence-electron chi connectivity index (χ1n) is 11.0. The molecule has 0 aliphatic carbocycles. The number of anilines is 1. The molecule has 0 saturated heterocycles. The van der Waals surface area contributed by atoms with Gasteiger partial charge in [-0.15, -0.1) is 10.2 Å². The van der Waals surface area contributed by atoms with Crippen LogP contribution in [0.1, 0.15) is 53.5 Å². The van der Waals surface area contributed by atoms with Gasteiger partial charge in [0.1, 0.15) is 16.3 Å². The number of carbonyl (C=O) groups is 1. The summed E-state index contributed by atoms with van der Waals surface area (Å²) in [6, 6.07) is 11.9. The number of hydrogen-bond acceptors (Lipinski definition) is 7. The van der Waals surface area contributed by atoms with E-state index in [0.29, 0.717) is 39.9 Å². The third kappa shape index (κ3) is 3.92. The van der Waals surface area contributed by atoms with Crippen molar-refractivity contribution in [3.63, 3.8) is 0 Å². The van der Waals surface area contributed by atoms with Gasteiger partial charge < -0.3 is 9.15 Å². The maximum Gasteiger partial charge on any atom is 0.297 e. The van der Waals surface area contributed by atoms with Gasteiger partial charge in [-0.05, 0) is 48.7 Å². The molecule has 2 aromatic carbocycles. The molecular weight excluding hydrogens is 518 g/mol. The molecule has 0 N–H and O–H groups in total. The van der Waals surface area contributed by atoms with Crippen molar-refractivity contribution >= 4 is 49.3 Å². The van der Waals surface area contributed by atoms with Gasteiger partial charge in [-0.3, -0.25) is 14.5 Å². The molecule has 1 amide bonds. The van der Waals surface area contributed by atoms with Gasteiger partial charge in [0, 0.05) is 10.9 Å². The molecule has 1 aliphatic heterocycles. The van der Waals surface area contributed by atoms with Crippen LogP contribution in [0.2, 0.25) is 0 Å². The van der Waals surface area contributed by atoms with Crippen molar-refractivity contribution in [2.24, 2.45) is 5.92 Å². The standard InChI is InChI=1S/C25H22BrN3O4S/c1-4-32-16-8-5-14(6-9-16)21-20-22(30)17-12-15(26)7-10-18(17)33-23(20)24(31)29(21)25-28-27-19(34-25)11-13(2)3/h5-10,12-13,21H,4,11H2,1-3H3. The van der Waals surface area contributed by atoms with Gasteiger partial charge in [0.2, 0.25) is 10.9 Å². The Morgan fingerprint density at radius 3 is 2.62 bits per heavy atom. The Morgan fingerprint density at radius 2 is 1.91 bits per heavy atom. The second-order valence-electron chi connectivity index (χ2n) is 8.47. The first-order valence-corrected chi connectivity index (χ1v) is 12.6. The average Bonchev–Trinajstić information content (AvgIpc) is 3.37. The van der Waals surface area contributed by atoms with Gasteiger partial charge in [0.05, 0.1) is 23.6 Å². The van der Waals surface area contributed by atoms with E-state index in [0.717, 1.165) is 21.5 Å². The SMILES string of the molecule is CCOc1ccc(C2c3c(oc4ccc(Br)cc4c3=O)C(=O)N2c2nnc(CC(C)C)s2)cc1. The summed E-state index contributed by atoms with van der Waals surface area (Å²) in [5, 5.41) is 10.3. The Kier molecular flexibility index (Phi) is 5.99. The Labute approximate surface area is 208 Å². The van der Waals surface area contributed by atoms with Crippen LogP contribution in [0.5, 0.6) is 5.75 Å². The molecular formula is C25H22BrN3O4S. The maximum absolute atomic E-state index is 13.7. The second-order valence-corrected chi connectivity index (χ2v) is 10.4. The summed E-state index contributed by atoms with van der Waals surface area (Å²) in [6.07, 6.45) is 0.759. The number of aromatic nitrogens is 2. The van der Waals surface area contributed by atoms with E-state index in [-0.39, 0.29) is 11.2 Å². The van der Waals surface area contributed by atoms with Crippen molar-refractivity contribution in [1.82, 2.24) is 10.2 Å². The highest BCUT2D eigenvalue weighted by Gasteiger charge is 2.45. The molecule has 2 aromatic heterocycles. The fourth-order valence-corrected chi connectivity index (χ4v) is 5.58. The molecule has 1 aliphatic rings. The Hall–Kier alpha value is -3.04. The summed E-state index contributed by atoms with van der Waals surface area (Å²) in [7, 11) is 0.